The largest absolute Gasteiger partial charge is 0.416 e. The molecule has 2 aromatic rings. The lowest BCUT2D eigenvalue weighted by Crippen LogP contribution is -2.50. The van der Waals surface area contributed by atoms with E-state index in [1.54, 1.807) is 0 Å². The van der Waals surface area contributed by atoms with Crippen molar-refractivity contribution in [2.75, 3.05) is 38.6 Å². The Bertz CT molecular complexity index is 1260. The van der Waals surface area contributed by atoms with Crippen molar-refractivity contribution in [3.8, 4) is 0 Å². The van der Waals surface area contributed by atoms with Crippen molar-refractivity contribution in [3.63, 3.8) is 0 Å². The first kappa shape index (κ1) is 31.5. The summed E-state index contributed by atoms with van der Waals surface area (Å²) in [7, 11) is 2.86. The fraction of sp³-hybridized carbons (Fsp3) is 0.481. The SMILES string of the molecule is CCN(CC)C1CC(CN2C(=O)C(O)(c3ccc(Cl)cc3Cl)c3c2cc(C(=O)N(C)C)cc3C(F)(F)F)C1.Cl. The first-order valence-corrected chi connectivity index (χ1v) is 13.2. The summed E-state index contributed by atoms with van der Waals surface area (Å²) in [6.07, 6.45) is -3.44. The summed E-state index contributed by atoms with van der Waals surface area (Å²) in [6.45, 7) is 5.98. The van der Waals surface area contributed by atoms with Crippen LogP contribution in [0.4, 0.5) is 18.9 Å². The van der Waals surface area contributed by atoms with Gasteiger partial charge in [-0.3, -0.25) is 9.59 Å². The lowest BCUT2D eigenvalue weighted by molar-refractivity contribution is -0.142. The normalized spacial score (nSPS) is 22.4. The monoisotopic (exact) mass is 607 g/mol. The molecule has 0 saturated heterocycles. The first-order valence-electron chi connectivity index (χ1n) is 12.4. The fourth-order valence-corrected chi connectivity index (χ4v) is 6.14. The number of nitrogens with zero attached hydrogens (tertiary/aromatic N) is 3. The van der Waals surface area contributed by atoms with Crippen molar-refractivity contribution in [1.29, 1.82) is 0 Å². The van der Waals surface area contributed by atoms with Crippen molar-refractivity contribution < 1.29 is 27.9 Å². The number of fused-ring (bicyclic) bond motifs is 1. The molecular weight excluding hydrogens is 578 g/mol. The smallest absolute Gasteiger partial charge is 0.372 e. The maximum atomic E-state index is 14.5. The third-order valence-corrected chi connectivity index (χ3v) is 8.13. The summed E-state index contributed by atoms with van der Waals surface area (Å²) in [5.74, 6) is -1.58. The van der Waals surface area contributed by atoms with Crippen molar-refractivity contribution in [2.45, 2.75) is 44.5 Å². The molecule has 39 heavy (non-hydrogen) atoms. The zero-order chi connectivity index (χ0) is 28.2. The van der Waals surface area contributed by atoms with E-state index < -0.39 is 34.7 Å². The van der Waals surface area contributed by atoms with Crippen molar-refractivity contribution in [1.82, 2.24) is 9.80 Å². The molecule has 1 atom stereocenters. The van der Waals surface area contributed by atoms with Crippen molar-refractivity contribution in [2.24, 2.45) is 5.92 Å². The average molecular weight is 609 g/mol. The second-order valence-electron chi connectivity index (χ2n) is 10.1. The molecule has 1 unspecified atom stereocenters. The van der Waals surface area contributed by atoms with Gasteiger partial charge < -0.3 is 19.8 Å². The zero-order valence-electron chi connectivity index (χ0n) is 22.0. The molecule has 2 amide bonds. The number of aliphatic hydroxyl groups is 1. The third kappa shape index (κ3) is 5.48. The van der Waals surface area contributed by atoms with Crippen LogP contribution in [0, 0.1) is 5.92 Å². The molecule has 0 radical (unpaired) electrons. The first-order chi connectivity index (χ1) is 17.7. The lowest BCUT2D eigenvalue weighted by Gasteiger charge is -2.43. The fourth-order valence-electron chi connectivity index (χ4n) is 5.60. The highest BCUT2D eigenvalue weighted by Crippen LogP contribution is 2.53. The van der Waals surface area contributed by atoms with E-state index in [2.05, 4.69) is 18.7 Å². The van der Waals surface area contributed by atoms with Crippen LogP contribution in [0.2, 0.25) is 10.0 Å². The molecule has 1 N–H and O–H groups in total. The van der Waals surface area contributed by atoms with Crippen LogP contribution in [-0.4, -0.2) is 66.5 Å². The summed E-state index contributed by atoms with van der Waals surface area (Å²) in [5.41, 5.74) is -5.20. The highest BCUT2D eigenvalue weighted by molar-refractivity contribution is 6.35. The van der Waals surface area contributed by atoms with Gasteiger partial charge in [-0.05, 0) is 56.1 Å². The third-order valence-electron chi connectivity index (χ3n) is 7.58. The van der Waals surface area contributed by atoms with Crippen LogP contribution in [0.1, 0.15) is 53.7 Å². The van der Waals surface area contributed by atoms with Gasteiger partial charge in [0, 0.05) is 53.4 Å². The van der Waals surface area contributed by atoms with Crippen LogP contribution in [-0.2, 0) is 16.6 Å². The van der Waals surface area contributed by atoms with Crippen LogP contribution in [0.3, 0.4) is 0 Å². The van der Waals surface area contributed by atoms with E-state index in [0.717, 1.165) is 30.8 Å². The van der Waals surface area contributed by atoms with E-state index in [1.165, 1.54) is 43.3 Å². The predicted octanol–water partition coefficient (Wildman–Crippen LogP) is 5.84. The van der Waals surface area contributed by atoms with E-state index in [9.17, 15) is 27.9 Å². The molecule has 1 aliphatic carbocycles. The molecule has 0 bridgehead atoms. The van der Waals surface area contributed by atoms with Gasteiger partial charge in [0.1, 0.15) is 0 Å². The molecule has 2 aromatic carbocycles. The highest BCUT2D eigenvalue weighted by Gasteiger charge is 2.57. The Hall–Kier alpha value is -2.04. The van der Waals surface area contributed by atoms with Gasteiger partial charge in [0.05, 0.1) is 11.3 Å². The number of benzene rings is 2. The second kappa shape index (κ2) is 11.4. The van der Waals surface area contributed by atoms with Crippen LogP contribution < -0.4 is 4.90 Å². The molecule has 2 aliphatic rings. The minimum absolute atomic E-state index is 0. The summed E-state index contributed by atoms with van der Waals surface area (Å²) in [5, 5.41) is 12.0. The molecule has 1 heterocycles. The number of alkyl halides is 3. The van der Waals surface area contributed by atoms with Gasteiger partial charge in [0.2, 0.25) is 0 Å². The van der Waals surface area contributed by atoms with Gasteiger partial charge in [0.25, 0.3) is 11.8 Å². The molecule has 4 rings (SSSR count). The van der Waals surface area contributed by atoms with Crippen molar-refractivity contribution in [3.05, 3.63) is 62.6 Å². The van der Waals surface area contributed by atoms with E-state index in [0.29, 0.717) is 12.1 Å². The number of hydrogen-bond donors (Lipinski definition) is 1. The molecule has 1 fully saturated rings. The van der Waals surface area contributed by atoms with E-state index >= 15 is 0 Å². The number of rotatable bonds is 7. The molecule has 12 heteroatoms. The minimum Gasteiger partial charge on any atom is -0.372 e. The number of halogens is 6. The maximum Gasteiger partial charge on any atom is 0.416 e. The minimum atomic E-state index is -4.97. The summed E-state index contributed by atoms with van der Waals surface area (Å²) >= 11 is 12.3. The Morgan fingerprint density at radius 1 is 1.13 bits per heavy atom. The maximum absolute atomic E-state index is 14.5. The van der Waals surface area contributed by atoms with E-state index in [-0.39, 0.29) is 51.7 Å². The molecule has 0 spiro atoms. The molecule has 0 aromatic heterocycles. The van der Waals surface area contributed by atoms with Gasteiger partial charge in [-0.1, -0.05) is 43.1 Å². The Balaban J connectivity index is 0.00000420. The number of carbonyl (C=O) groups excluding carboxylic acids is 2. The van der Waals surface area contributed by atoms with Crippen LogP contribution in [0.5, 0.6) is 0 Å². The van der Waals surface area contributed by atoms with E-state index in [1.807, 2.05) is 0 Å². The quantitative estimate of drug-likeness (QED) is 0.429. The lowest BCUT2D eigenvalue weighted by atomic mass is 9.78. The number of hydrogen-bond acceptors (Lipinski definition) is 4. The molecule has 1 saturated carbocycles. The molecular formula is C27H31Cl3F3N3O3. The highest BCUT2D eigenvalue weighted by atomic mass is 35.5. The molecule has 6 nitrogen and oxygen atoms in total. The molecule has 214 valence electrons. The van der Waals surface area contributed by atoms with Crippen LogP contribution in [0.25, 0.3) is 0 Å². The Morgan fingerprint density at radius 2 is 1.74 bits per heavy atom. The number of carbonyl (C=O) groups is 2. The predicted molar refractivity (Wildman–Crippen MR) is 148 cm³/mol. The summed E-state index contributed by atoms with van der Waals surface area (Å²) < 4.78 is 43.5. The summed E-state index contributed by atoms with van der Waals surface area (Å²) in [6, 6.07) is 6.15. The van der Waals surface area contributed by atoms with Gasteiger partial charge in [-0.15, -0.1) is 12.4 Å². The average Bonchev–Trinajstić information content (AvgIpc) is 3.03. The second-order valence-corrected chi connectivity index (χ2v) is 10.9. The van der Waals surface area contributed by atoms with Gasteiger partial charge >= 0.3 is 6.18 Å². The van der Waals surface area contributed by atoms with E-state index in [4.69, 9.17) is 23.2 Å². The van der Waals surface area contributed by atoms with Crippen LogP contribution >= 0.6 is 35.6 Å². The standard InChI is InChI=1S/C27H30Cl2F3N3O3.ClH/c1-5-34(6-2)18-9-15(10-18)14-35-22-12-16(24(36)33(3)4)11-20(27(30,31)32)23(22)26(38,25(35)37)19-8-7-17(28)13-21(19)29;/h7-8,11-13,15,18,38H,5-6,9-10,14H2,1-4H3;1H. The Morgan fingerprint density at radius 3 is 2.26 bits per heavy atom. The Labute approximate surface area is 242 Å². The van der Waals surface area contributed by atoms with Crippen LogP contribution in [0.15, 0.2) is 30.3 Å². The van der Waals surface area contributed by atoms with Gasteiger partial charge in [0.15, 0.2) is 5.60 Å². The van der Waals surface area contributed by atoms with Crippen molar-refractivity contribution >= 4 is 53.1 Å². The number of anilines is 1. The summed E-state index contributed by atoms with van der Waals surface area (Å²) in [4.78, 5) is 31.3. The van der Waals surface area contributed by atoms with Gasteiger partial charge in [-0.2, -0.15) is 13.2 Å². The zero-order valence-corrected chi connectivity index (χ0v) is 24.3. The molecule has 1 aliphatic heterocycles. The number of amides is 2. The Kier molecular flexibility index (Phi) is 9.24. The van der Waals surface area contributed by atoms with Gasteiger partial charge in [-0.25, -0.2) is 0 Å². The topological polar surface area (TPSA) is 64.1 Å².